The second-order valence-corrected chi connectivity index (χ2v) is 6.99. The second-order valence-electron chi connectivity index (χ2n) is 6.99. The third kappa shape index (κ3) is 2.58. The molecule has 0 aromatic heterocycles. The molecular weight excluding hydrogens is 262 g/mol. The Labute approximate surface area is 126 Å². The highest BCUT2D eigenvalue weighted by Crippen LogP contribution is 2.43. The molecule has 1 aromatic carbocycles. The number of hydrogen-bond donors (Lipinski definition) is 1. The molecule has 1 heterocycles. The molecule has 3 heteroatoms. The maximum atomic E-state index is 6.30. The van der Waals surface area contributed by atoms with Gasteiger partial charge in [0.25, 0.3) is 0 Å². The smallest absolute Gasteiger partial charge is 0.119 e. The van der Waals surface area contributed by atoms with Crippen LogP contribution in [-0.2, 0) is 11.2 Å². The molecule has 1 spiro atoms. The molecule has 3 nitrogen and oxygen atoms in total. The molecule has 1 saturated carbocycles. The van der Waals surface area contributed by atoms with E-state index >= 15 is 0 Å². The molecule has 3 aliphatic rings. The zero-order valence-electron chi connectivity index (χ0n) is 12.6. The van der Waals surface area contributed by atoms with E-state index in [4.69, 9.17) is 15.2 Å². The average Bonchev–Trinajstić information content (AvgIpc) is 3.20. The van der Waals surface area contributed by atoms with Crippen molar-refractivity contribution >= 4 is 0 Å². The molecule has 1 saturated heterocycles. The largest absolute Gasteiger partial charge is 0.491 e. The molecule has 2 aliphatic carbocycles. The highest BCUT2D eigenvalue weighted by atomic mass is 16.6. The molecule has 21 heavy (non-hydrogen) atoms. The van der Waals surface area contributed by atoms with Crippen molar-refractivity contribution in [3.8, 4) is 5.75 Å². The monoisotopic (exact) mass is 287 g/mol. The lowest BCUT2D eigenvalue weighted by Crippen LogP contribution is -2.27. The summed E-state index contributed by atoms with van der Waals surface area (Å²) in [6.45, 7) is 0.687. The second kappa shape index (κ2) is 5.29. The third-order valence-electron chi connectivity index (χ3n) is 5.53. The highest BCUT2D eigenvalue weighted by molar-refractivity contribution is 5.40. The van der Waals surface area contributed by atoms with Gasteiger partial charge in [0.2, 0.25) is 0 Å². The van der Waals surface area contributed by atoms with Crippen LogP contribution in [0.25, 0.3) is 0 Å². The maximum Gasteiger partial charge on any atom is 0.119 e. The van der Waals surface area contributed by atoms with Crippen LogP contribution in [0.5, 0.6) is 5.75 Å². The zero-order chi connectivity index (χ0) is 14.3. The summed E-state index contributed by atoms with van der Waals surface area (Å²) < 4.78 is 12.3. The SMILES string of the molecule is NC1CCc2cc(OCC3CCC4(CCCC4)O3)ccc21. The van der Waals surface area contributed by atoms with E-state index in [1.807, 2.05) is 0 Å². The first-order valence-electron chi connectivity index (χ1n) is 8.43. The molecular formula is C18H25NO2. The Kier molecular flexibility index (Phi) is 3.43. The molecule has 1 aliphatic heterocycles. The number of rotatable bonds is 3. The first kappa shape index (κ1) is 13.6. The van der Waals surface area contributed by atoms with Gasteiger partial charge in [-0.15, -0.1) is 0 Å². The lowest BCUT2D eigenvalue weighted by molar-refractivity contribution is -0.0508. The van der Waals surface area contributed by atoms with Crippen LogP contribution in [0.4, 0.5) is 0 Å². The Hall–Kier alpha value is -1.06. The number of hydrogen-bond acceptors (Lipinski definition) is 3. The van der Waals surface area contributed by atoms with E-state index in [2.05, 4.69) is 18.2 Å². The zero-order valence-corrected chi connectivity index (χ0v) is 12.6. The molecule has 2 N–H and O–H groups in total. The first-order valence-corrected chi connectivity index (χ1v) is 8.43. The summed E-state index contributed by atoms with van der Waals surface area (Å²) in [6.07, 6.45) is 9.95. The normalized spacial score (nSPS) is 30.0. The lowest BCUT2D eigenvalue weighted by atomic mass is 9.98. The molecule has 114 valence electrons. The van der Waals surface area contributed by atoms with Gasteiger partial charge in [0.15, 0.2) is 0 Å². The predicted molar refractivity (Wildman–Crippen MR) is 82.5 cm³/mol. The quantitative estimate of drug-likeness (QED) is 0.925. The summed E-state index contributed by atoms with van der Waals surface area (Å²) in [5.74, 6) is 0.971. The maximum absolute atomic E-state index is 6.30. The number of fused-ring (bicyclic) bond motifs is 1. The van der Waals surface area contributed by atoms with Crippen molar-refractivity contribution in [3.63, 3.8) is 0 Å². The minimum absolute atomic E-state index is 0.207. The Balaban J connectivity index is 1.35. The fraction of sp³-hybridized carbons (Fsp3) is 0.667. The van der Waals surface area contributed by atoms with Crippen molar-refractivity contribution < 1.29 is 9.47 Å². The van der Waals surface area contributed by atoms with Crippen LogP contribution in [0.1, 0.15) is 62.1 Å². The van der Waals surface area contributed by atoms with Gasteiger partial charge in [-0.05, 0) is 61.8 Å². The first-order chi connectivity index (χ1) is 10.2. The third-order valence-corrected chi connectivity index (χ3v) is 5.53. The summed E-state index contributed by atoms with van der Waals surface area (Å²) >= 11 is 0. The molecule has 2 unspecified atom stereocenters. The number of ether oxygens (including phenoxy) is 2. The van der Waals surface area contributed by atoms with Gasteiger partial charge in [0.1, 0.15) is 12.4 Å². The van der Waals surface area contributed by atoms with E-state index in [0.29, 0.717) is 6.61 Å². The van der Waals surface area contributed by atoms with E-state index in [-0.39, 0.29) is 17.7 Å². The minimum Gasteiger partial charge on any atom is -0.491 e. The lowest BCUT2D eigenvalue weighted by Gasteiger charge is -2.23. The van der Waals surface area contributed by atoms with E-state index < -0.39 is 0 Å². The van der Waals surface area contributed by atoms with Gasteiger partial charge < -0.3 is 15.2 Å². The highest BCUT2D eigenvalue weighted by Gasteiger charge is 2.42. The molecule has 2 atom stereocenters. The molecule has 0 amide bonds. The Morgan fingerprint density at radius 2 is 2.05 bits per heavy atom. The van der Waals surface area contributed by atoms with Crippen molar-refractivity contribution in [2.45, 2.75) is 69.1 Å². The van der Waals surface area contributed by atoms with Crippen molar-refractivity contribution in [1.29, 1.82) is 0 Å². The van der Waals surface area contributed by atoms with Crippen molar-refractivity contribution in [2.75, 3.05) is 6.61 Å². The van der Waals surface area contributed by atoms with E-state index in [1.54, 1.807) is 0 Å². The summed E-state index contributed by atoms with van der Waals surface area (Å²) in [5.41, 5.74) is 8.94. The molecule has 0 bridgehead atoms. The summed E-state index contributed by atoms with van der Waals surface area (Å²) in [4.78, 5) is 0. The summed E-state index contributed by atoms with van der Waals surface area (Å²) in [7, 11) is 0. The van der Waals surface area contributed by atoms with Crippen LogP contribution in [0.2, 0.25) is 0 Å². The predicted octanol–water partition coefficient (Wildman–Crippen LogP) is 3.50. The fourth-order valence-electron chi connectivity index (χ4n) is 4.31. The fourth-order valence-corrected chi connectivity index (χ4v) is 4.31. The van der Waals surface area contributed by atoms with Gasteiger partial charge >= 0.3 is 0 Å². The molecule has 1 aromatic rings. The Morgan fingerprint density at radius 1 is 1.19 bits per heavy atom. The van der Waals surface area contributed by atoms with Crippen molar-refractivity contribution in [2.24, 2.45) is 5.73 Å². The summed E-state index contributed by atoms with van der Waals surface area (Å²) in [5, 5.41) is 0. The van der Waals surface area contributed by atoms with E-state index in [9.17, 15) is 0 Å². The van der Waals surface area contributed by atoms with Gasteiger partial charge in [0.05, 0.1) is 11.7 Å². The van der Waals surface area contributed by atoms with Crippen LogP contribution < -0.4 is 10.5 Å². The number of benzene rings is 1. The standard InChI is InChI=1S/C18H25NO2/c19-17-6-3-13-11-14(4-5-16(13)17)20-12-15-7-10-18(21-15)8-1-2-9-18/h4-5,11,15,17H,1-3,6-10,12,19H2. The Morgan fingerprint density at radius 3 is 2.90 bits per heavy atom. The van der Waals surface area contributed by atoms with Gasteiger partial charge in [-0.25, -0.2) is 0 Å². The van der Waals surface area contributed by atoms with Crippen molar-refractivity contribution in [3.05, 3.63) is 29.3 Å². The van der Waals surface area contributed by atoms with Crippen LogP contribution in [0.3, 0.4) is 0 Å². The van der Waals surface area contributed by atoms with Crippen LogP contribution >= 0.6 is 0 Å². The van der Waals surface area contributed by atoms with Gasteiger partial charge in [-0.1, -0.05) is 18.9 Å². The number of nitrogens with two attached hydrogens (primary N) is 1. The number of aryl methyl sites for hydroxylation is 1. The average molecular weight is 287 g/mol. The van der Waals surface area contributed by atoms with Crippen molar-refractivity contribution in [1.82, 2.24) is 0 Å². The van der Waals surface area contributed by atoms with E-state index in [0.717, 1.165) is 25.0 Å². The minimum atomic E-state index is 0.207. The van der Waals surface area contributed by atoms with Crippen LogP contribution in [-0.4, -0.2) is 18.3 Å². The van der Waals surface area contributed by atoms with E-state index in [1.165, 1.54) is 43.2 Å². The topological polar surface area (TPSA) is 44.5 Å². The summed E-state index contributed by atoms with van der Waals surface area (Å²) in [6, 6.07) is 6.58. The van der Waals surface area contributed by atoms with Gasteiger partial charge in [-0.3, -0.25) is 0 Å². The van der Waals surface area contributed by atoms with Gasteiger partial charge in [0, 0.05) is 6.04 Å². The van der Waals surface area contributed by atoms with Gasteiger partial charge in [-0.2, -0.15) is 0 Å². The Bertz CT molecular complexity index is 522. The molecule has 0 radical (unpaired) electrons. The van der Waals surface area contributed by atoms with Crippen LogP contribution in [0, 0.1) is 0 Å². The molecule has 2 fully saturated rings. The molecule has 4 rings (SSSR count). The van der Waals surface area contributed by atoms with Crippen LogP contribution in [0.15, 0.2) is 18.2 Å².